The van der Waals surface area contributed by atoms with Crippen molar-refractivity contribution in [3.63, 3.8) is 0 Å². The molecule has 2 heteroatoms. The minimum atomic E-state index is 0.866. The van der Waals surface area contributed by atoms with Crippen LogP contribution in [0.4, 0.5) is 5.69 Å². The predicted molar refractivity (Wildman–Crippen MR) is 97.7 cm³/mol. The summed E-state index contributed by atoms with van der Waals surface area (Å²) in [6.07, 6.45) is 0. The van der Waals surface area contributed by atoms with E-state index in [0.717, 1.165) is 34.8 Å². The summed E-state index contributed by atoms with van der Waals surface area (Å²) >= 11 is 0. The van der Waals surface area contributed by atoms with E-state index in [1.807, 2.05) is 12.1 Å². The van der Waals surface area contributed by atoms with Crippen LogP contribution in [0.2, 0.25) is 0 Å². The fourth-order valence-electron chi connectivity index (χ4n) is 2.40. The van der Waals surface area contributed by atoms with Crippen molar-refractivity contribution < 1.29 is 0 Å². The van der Waals surface area contributed by atoms with Gasteiger partial charge in [-0.15, -0.1) is 0 Å². The van der Waals surface area contributed by atoms with Crippen LogP contribution in [-0.2, 0) is 0 Å². The lowest BCUT2D eigenvalue weighted by atomic mass is 10.0. The highest BCUT2D eigenvalue weighted by atomic mass is 14.9. The van der Waals surface area contributed by atoms with E-state index in [-0.39, 0.29) is 0 Å². The molecule has 0 spiro atoms. The van der Waals surface area contributed by atoms with Gasteiger partial charge in [0.1, 0.15) is 0 Å². The Hall–Kier alpha value is -2.48. The Morgan fingerprint density at radius 1 is 0.955 bits per heavy atom. The molecular formula is C20H24N2. The molecule has 114 valence electrons. The van der Waals surface area contributed by atoms with E-state index in [4.69, 9.17) is 0 Å². The molecule has 0 atom stereocenters. The molecule has 0 aliphatic heterocycles. The van der Waals surface area contributed by atoms with Crippen LogP contribution in [0.3, 0.4) is 0 Å². The molecule has 0 heterocycles. The Labute approximate surface area is 133 Å². The summed E-state index contributed by atoms with van der Waals surface area (Å²) in [6.45, 7) is 15.4. The standard InChI is InChI=1S/C20H24N2/c1-6-21-16(4)18-12-11-15(3)20(13-18)22-17(5)19-10-8-7-9-14(19)2/h7-13,21-22H,4-6H2,1-3H3. The third-order valence-corrected chi connectivity index (χ3v) is 3.73. The average Bonchev–Trinajstić information content (AvgIpc) is 2.50. The Balaban J connectivity index is 2.25. The molecule has 0 aliphatic rings. The largest absolute Gasteiger partial charge is 0.385 e. The summed E-state index contributed by atoms with van der Waals surface area (Å²) < 4.78 is 0. The minimum absolute atomic E-state index is 0.866. The quantitative estimate of drug-likeness (QED) is 0.785. The SMILES string of the molecule is C=C(NCC)c1ccc(C)c(NC(=C)c2ccccc2C)c1. The molecule has 0 aromatic heterocycles. The molecular weight excluding hydrogens is 268 g/mol. The van der Waals surface area contributed by atoms with Crippen molar-refractivity contribution in [2.75, 3.05) is 11.9 Å². The van der Waals surface area contributed by atoms with Crippen LogP contribution in [0.25, 0.3) is 11.4 Å². The van der Waals surface area contributed by atoms with Gasteiger partial charge in [0, 0.05) is 29.2 Å². The molecule has 2 aromatic carbocycles. The van der Waals surface area contributed by atoms with Crippen LogP contribution in [0.15, 0.2) is 55.6 Å². The second-order valence-electron chi connectivity index (χ2n) is 5.46. The van der Waals surface area contributed by atoms with Gasteiger partial charge in [-0.25, -0.2) is 0 Å². The average molecular weight is 292 g/mol. The highest BCUT2D eigenvalue weighted by Gasteiger charge is 2.07. The predicted octanol–water partition coefficient (Wildman–Crippen LogP) is 4.97. The highest BCUT2D eigenvalue weighted by molar-refractivity contribution is 5.79. The third-order valence-electron chi connectivity index (χ3n) is 3.73. The van der Waals surface area contributed by atoms with Crippen molar-refractivity contribution in [2.45, 2.75) is 20.8 Å². The van der Waals surface area contributed by atoms with Gasteiger partial charge in [-0.3, -0.25) is 0 Å². The first kappa shape index (κ1) is 15.9. The van der Waals surface area contributed by atoms with E-state index >= 15 is 0 Å². The zero-order chi connectivity index (χ0) is 16.1. The van der Waals surface area contributed by atoms with Crippen LogP contribution >= 0.6 is 0 Å². The van der Waals surface area contributed by atoms with Crippen LogP contribution in [0.1, 0.15) is 29.2 Å². The molecule has 0 amide bonds. The Morgan fingerprint density at radius 3 is 2.36 bits per heavy atom. The highest BCUT2D eigenvalue weighted by Crippen LogP contribution is 2.25. The first-order chi connectivity index (χ1) is 10.5. The zero-order valence-corrected chi connectivity index (χ0v) is 13.7. The van der Waals surface area contributed by atoms with E-state index < -0.39 is 0 Å². The molecule has 2 nitrogen and oxygen atoms in total. The van der Waals surface area contributed by atoms with Crippen molar-refractivity contribution in [1.29, 1.82) is 0 Å². The summed E-state index contributed by atoms with van der Waals surface area (Å²) in [6, 6.07) is 14.6. The first-order valence-corrected chi connectivity index (χ1v) is 7.58. The van der Waals surface area contributed by atoms with Crippen molar-refractivity contribution in [3.05, 3.63) is 77.9 Å². The molecule has 0 aliphatic carbocycles. The van der Waals surface area contributed by atoms with E-state index in [2.05, 4.69) is 74.9 Å². The zero-order valence-electron chi connectivity index (χ0n) is 13.7. The van der Waals surface area contributed by atoms with Crippen LogP contribution < -0.4 is 10.6 Å². The Morgan fingerprint density at radius 2 is 1.68 bits per heavy atom. The Kier molecular flexibility index (Phi) is 5.05. The lowest BCUT2D eigenvalue weighted by Crippen LogP contribution is -2.10. The van der Waals surface area contributed by atoms with Crippen LogP contribution in [0.5, 0.6) is 0 Å². The molecule has 2 N–H and O–H groups in total. The monoisotopic (exact) mass is 292 g/mol. The fraction of sp³-hybridized carbons (Fsp3) is 0.200. The molecule has 2 rings (SSSR count). The number of hydrogen-bond acceptors (Lipinski definition) is 2. The molecule has 0 bridgehead atoms. The lowest BCUT2D eigenvalue weighted by Gasteiger charge is -2.16. The summed E-state index contributed by atoms with van der Waals surface area (Å²) in [5.74, 6) is 0. The summed E-state index contributed by atoms with van der Waals surface area (Å²) in [4.78, 5) is 0. The van der Waals surface area contributed by atoms with Gasteiger partial charge in [-0.2, -0.15) is 0 Å². The van der Waals surface area contributed by atoms with Gasteiger partial charge < -0.3 is 10.6 Å². The number of benzene rings is 2. The molecule has 0 unspecified atom stereocenters. The van der Waals surface area contributed by atoms with E-state index in [9.17, 15) is 0 Å². The maximum Gasteiger partial charge on any atom is 0.0420 e. The van der Waals surface area contributed by atoms with Gasteiger partial charge in [0.05, 0.1) is 0 Å². The van der Waals surface area contributed by atoms with Crippen LogP contribution in [-0.4, -0.2) is 6.54 Å². The van der Waals surface area contributed by atoms with Gasteiger partial charge in [-0.05, 0) is 43.5 Å². The maximum atomic E-state index is 4.18. The van der Waals surface area contributed by atoms with E-state index in [1.165, 1.54) is 11.1 Å². The summed E-state index contributed by atoms with van der Waals surface area (Å²) in [7, 11) is 0. The van der Waals surface area contributed by atoms with Gasteiger partial charge in [0.2, 0.25) is 0 Å². The molecule has 0 saturated carbocycles. The number of aryl methyl sites for hydroxylation is 2. The molecule has 22 heavy (non-hydrogen) atoms. The van der Waals surface area contributed by atoms with Crippen molar-refractivity contribution in [1.82, 2.24) is 5.32 Å². The van der Waals surface area contributed by atoms with Gasteiger partial charge in [0.15, 0.2) is 0 Å². The van der Waals surface area contributed by atoms with Crippen molar-refractivity contribution >= 4 is 17.1 Å². The molecule has 0 saturated heterocycles. The van der Waals surface area contributed by atoms with Gasteiger partial charge >= 0.3 is 0 Å². The van der Waals surface area contributed by atoms with Gasteiger partial charge in [0.25, 0.3) is 0 Å². The molecule has 0 radical (unpaired) electrons. The number of rotatable bonds is 6. The van der Waals surface area contributed by atoms with E-state index in [1.54, 1.807) is 0 Å². The molecule has 2 aromatic rings. The second-order valence-corrected chi connectivity index (χ2v) is 5.46. The van der Waals surface area contributed by atoms with Crippen LogP contribution in [0, 0.1) is 13.8 Å². The fourth-order valence-corrected chi connectivity index (χ4v) is 2.40. The smallest absolute Gasteiger partial charge is 0.0420 e. The second kappa shape index (κ2) is 6.99. The third kappa shape index (κ3) is 3.59. The Bertz CT molecular complexity index is 699. The minimum Gasteiger partial charge on any atom is -0.385 e. The maximum absolute atomic E-state index is 4.18. The van der Waals surface area contributed by atoms with Gasteiger partial charge in [-0.1, -0.05) is 49.6 Å². The first-order valence-electron chi connectivity index (χ1n) is 7.58. The van der Waals surface area contributed by atoms with Crippen molar-refractivity contribution in [2.24, 2.45) is 0 Å². The van der Waals surface area contributed by atoms with Crippen molar-refractivity contribution in [3.8, 4) is 0 Å². The lowest BCUT2D eigenvalue weighted by molar-refractivity contribution is 0.942. The molecule has 0 fully saturated rings. The topological polar surface area (TPSA) is 24.1 Å². The number of nitrogens with one attached hydrogen (secondary N) is 2. The summed E-state index contributed by atoms with van der Waals surface area (Å²) in [5.41, 5.74) is 7.53. The number of anilines is 1. The normalized spacial score (nSPS) is 10.1. The summed E-state index contributed by atoms with van der Waals surface area (Å²) in [5, 5.41) is 6.70. The van der Waals surface area contributed by atoms with E-state index in [0.29, 0.717) is 0 Å². The number of hydrogen-bond donors (Lipinski definition) is 2.